The van der Waals surface area contributed by atoms with Crippen LogP contribution >= 0.6 is 0 Å². The second-order valence-electron chi connectivity index (χ2n) is 6.60. The highest BCUT2D eigenvalue weighted by Gasteiger charge is 2.26. The minimum atomic E-state index is 0.00578. The molecule has 0 saturated carbocycles. The number of carbonyl (C=O) groups is 1. The fourth-order valence-corrected chi connectivity index (χ4v) is 2.97. The molecule has 1 aromatic carbocycles. The molecule has 1 fully saturated rings. The van der Waals surface area contributed by atoms with E-state index in [1.807, 2.05) is 53.9 Å². The van der Waals surface area contributed by atoms with Gasteiger partial charge in [0.15, 0.2) is 0 Å². The van der Waals surface area contributed by atoms with Gasteiger partial charge in [-0.15, -0.1) is 0 Å². The van der Waals surface area contributed by atoms with Crippen LogP contribution in [0.25, 0.3) is 0 Å². The maximum absolute atomic E-state index is 12.7. The Morgan fingerprint density at radius 3 is 2.76 bits per heavy atom. The summed E-state index contributed by atoms with van der Waals surface area (Å²) in [6, 6.07) is 8.21. The molecule has 0 unspecified atom stereocenters. The van der Waals surface area contributed by atoms with E-state index in [9.17, 15) is 4.79 Å². The first-order valence-electron chi connectivity index (χ1n) is 8.65. The molecule has 1 amide bonds. The number of hydrogen-bond acceptors (Lipinski definition) is 4. The van der Waals surface area contributed by atoms with Crippen molar-refractivity contribution in [2.75, 3.05) is 26.8 Å². The van der Waals surface area contributed by atoms with Crippen LogP contribution in [-0.2, 0) is 11.2 Å². The molecular weight excluding hydrogens is 318 g/mol. The lowest BCUT2D eigenvalue weighted by molar-refractivity contribution is -0.0208. The third kappa shape index (κ3) is 4.20. The summed E-state index contributed by atoms with van der Waals surface area (Å²) in [6.07, 6.45) is 4.25. The minimum Gasteiger partial charge on any atom is -0.497 e. The highest BCUT2D eigenvalue weighted by atomic mass is 16.5. The zero-order valence-corrected chi connectivity index (χ0v) is 15.0. The molecule has 0 spiro atoms. The Morgan fingerprint density at radius 2 is 2.12 bits per heavy atom. The number of aromatic nitrogens is 2. The predicted octanol–water partition coefficient (Wildman–Crippen LogP) is 2.56. The van der Waals surface area contributed by atoms with Gasteiger partial charge in [-0.3, -0.25) is 9.48 Å². The lowest BCUT2D eigenvalue weighted by Gasteiger charge is -2.33. The average molecular weight is 343 g/mol. The molecule has 2 heterocycles. The Labute approximate surface area is 148 Å². The van der Waals surface area contributed by atoms with E-state index >= 15 is 0 Å². The first-order valence-corrected chi connectivity index (χ1v) is 8.65. The molecule has 0 radical (unpaired) electrons. The summed E-state index contributed by atoms with van der Waals surface area (Å²) >= 11 is 0. The van der Waals surface area contributed by atoms with Gasteiger partial charge in [0.25, 0.3) is 5.91 Å². The molecule has 0 bridgehead atoms. The number of ether oxygens (including phenoxy) is 2. The molecule has 1 aliphatic rings. The van der Waals surface area contributed by atoms with Crippen LogP contribution in [0.1, 0.15) is 35.8 Å². The van der Waals surface area contributed by atoms with Crippen LogP contribution in [0.15, 0.2) is 36.7 Å². The van der Waals surface area contributed by atoms with Crippen molar-refractivity contribution < 1.29 is 14.3 Å². The second kappa shape index (κ2) is 7.70. The van der Waals surface area contributed by atoms with E-state index in [0.717, 1.165) is 12.2 Å². The topological polar surface area (TPSA) is 56.6 Å². The standard InChI is InChI=1S/C19H25N3O3/c1-14(2)22-12-16(11-20-22)19(23)21-8-9-25-18(13-21)10-15-4-6-17(24-3)7-5-15/h4-7,11-12,14,18H,8-10,13H2,1-3H3/t18-/m1/s1. The minimum absolute atomic E-state index is 0.00578. The van der Waals surface area contributed by atoms with Crippen LogP contribution in [0.2, 0.25) is 0 Å². The largest absolute Gasteiger partial charge is 0.497 e. The molecule has 6 nitrogen and oxygen atoms in total. The van der Waals surface area contributed by atoms with Gasteiger partial charge in [0.1, 0.15) is 5.75 Å². The predicted molar refractivity (Wildman–Crippen MR) is 95.0 cm³/mol. The summed E-state index contributed by atoms with van der Waals surface area (Å²) in [5, 5.41) is 4.26. The van der Waals surface area contributed by atoms with E-state index < -0.39 is 0 Å². The molecule has 6 heteroatoms. The van der Waals surface area contributed by atoms with Crippen molar-refractivity contribution in [3.63, 3.8) is 0 Å². The third-order valence-electron chi connectivity index (χ3n) is 4.43. The Kier molecular flexibility index (Phi) is 5.38. The molecule has 2 aromatic rings. The number of rotatable bonds is 5. The second-order valence-corrected chi connectivity index (χ2v) is 6.60. The normalized spacial score (nSPS) is 17.8. The first kappa shape index (κ1) is 17.5. The summed E-state index contributed by atoms with van der Waals surface area (Å²) in [5.41, 5.74) is 1.81. The van der Waals surface area contributed by atoms with Gasteiger partial charge in [-0.05, 0) is 31.5 Å². The summed E-state index contributed by atoms with van der Waals surface area (Å²) in [7, 11) is 1.66. The van der Waals surface area contributed by atoms with Gasteiger partial charge in [-0.2, -0.15) is 5.10 Å². The van der Waals surface area contributed by atoms with E-state index in [2.05, 4.69) is 5.10 Å². The van der Waals surface area contributed by atoms with Crippen molar-refractivity contribution in [1.29, 1.82) is 0 Å². The van der Waals surface area contributed by atoms with Gasteiger partial charge in [0.05, 0.1) is 31.6 Å². The molecule has 0 aliphatic carbocycles. The smallest absolute Gasteiger partial charge is 0.257 e. The van der Waals surface area contributed by atoms with Gasteiger partial charge in [0, 0.05) is 31.7 Å². The molecule has 134 valence electrons. The van der Waals surface area contributed by atoms with E-state index in [1.165, 1.54) is 5.56 Å². The number of benzene rings is 1. The molecule has 3 rings (SSSR count). The zero-order valence-electron chi connectivity index (χ0n) is 15.0. The van der Waals surface area contributed by atoms with E-state index in [0.29, 0.717) is 25.3 Å². The highest BCUT2D eigenvalue weighted by Crippen LogP contribution is 2.17. The van der Waals surface area contributed by atoms with Crippen molar-refractivity contribution in [1.82, 2.24) is 14.7 Å². The number of amides is 1. The summed E-state index contributed by atoms with van der Waals surface area (Å²) in [6.45, 7) is 5.86. The van der Waals surface area contributed by atoms with Crippen LogP contribution < -0.4 is 4.74 Å². The van der Waals surface area contributed by atoms with Gasteiger partial charge in [0.2, 0.25) is 0 Å². The number of methoxy groups -OCH3 is 1. The van der Waals surface area contributed by atoms with Gasteiger partial charge in [-0.25, -0.2) is 0 Å². The quantitative estimate of drug-likeness (QED) is 0.837. The van der Waals surface area contributed by atoms with Crippen molar-refractivity contribution in [3.05, 3.63) is 47.8 Å². The van der Waals surface area contributed by atoms with Gasteiger partial charge >= 0.3 is 0 Å². The van der Waals surface area contributed by atoms with E-state index in [-0.39, 0.29) is 18.1 Å². The Bertz CT molecular complexity index is 709. The monoisotopic (exact) mass is 343 g/mol. The number of carbonyl (C=O) groups excluding carboxylic acids is 1. The molecule has 1 aromatic heterocycles. The van der Waals surface area contributed by atoms with Crippen molar-refractivity contribution in [2.45, 2.75) is 32.4 Å². The lowest BCUT2D eigenvalue weighted by Crippen LogP contribution is -2.46. The maximum atomic E-state index is 12.7. The first-order chi connectivity index (χ1) is 12.1. The molecular formula is C19H25N3O3. The highest BCUT2D eigenvalue weighted by molar-refractivity contribution is 5.93. The molecule has 0 N–H and O–H groups in total. The number of nitrogens with zero attached hydrogens (tertiary/aromatic N) is 3. The Balaban J connectivity index is 1.62. The fourth-order valence-electron chi connectivity index (χ4n) is 2.97. The fraction of sp³-hybridized carbons (Fsp3) is 0.474. The SMILES string of the molecule is COc1ccc(C[C@@H]2CN(C(=O)c3cnn(C(C)C)c3)CCO2)cc1. The van der Waals surface area contributed by atoms with E-state index in [1.54, 1.807) is 13.3 Å². The number of hydrogen-bond donors (Lipinski definition) is 0. The molecule has 1 atom stereocenters. The maximum Gasteiger partial charge on any atom is 0.257 e. The summed E-state index contributed by atoms with van der Waals surface area (Å²) in [5.74, 6) is 0.863. The molecule has 1 saturated heterocycles. The van der Waals surface area contributed by atoms with Gasteiger partial charge in [-0.1, -0.05) is 12.1 Å². The third-order valence-corrected chi connectivity index (χ3v) is 4.43. The van der Waals surface area contributed by atoms with Crippen molar-refractivity contribution in [3.8, 4) is 5.75 Å². The lowest BCUT2D eigenvalue weighted by atomic mass is 10.1. The average Bonchev–Trinajstić information content (AvgIpc) is 3.12. The van der Waals surface area contributed by atoms with Crippen LogP contribution in [0.4, 0.5) is 0 Å². The van der Waals surface area contributed by atoms with E-state index in [4.69, 9.17) is 9.47 Å². The van der Waals surface area contributed by atoms with Crippen molar-refractivity contribution >= 4 is 5.91 Å². The van der Waals surface area contributed by atoms with Gasteiger partial charge < -0.3 is 14.4 Å². The van der Waals surface area contributed by atoms with Crippen LogP contribution in [0, 0.1) is 0 Å². The van der Waals surface area contributed by atoms with Crippen LogP contribution in [-0.4, -0.2) is 53.5 Å². The van der Waals surface area contributed by atoms with Crippen LogP contribution in [0.3, 0.4) is 0 Å². The van der Waals surface area contributed by atoms with Crippen LogP contribution in [0.5, 0.6) is 5.75 Å². The van der Waals surface area contributed by atoms with Crippen molar-refractivity contribution in [2.24, 2.45) is 0 Å². The number of morpholine rings is 1. The molecule has 25 heavy (non-hydrogen) atoms. The Morgan fingerprint density at radius 1 is 1.36 bits per heavy atom. The summed E-state index contributed by atoms with van der Waals surface area (Å²) < 4.78 is 12.8. The molecule has 1 aliphatic heterocycles. The summed E-state index contributed by atoms with van der Waals surface area (Å²) in [4.78, 5) is 14.6. The zero-order chi connectivity index (χ0) is 17.8. The Hall–Kier alpha value is -2.34.